The second-order valence-corrected chi connectivity index (χ2v) is 4.69. The number of aromatic amines is 1. The Labute approximate surface area is 121 Å². The molecule has 0 bridgehead atoms. The maximum absolute atomic E-state index is 12.0. The van der Waals surface area contributed by atoms with Gasteiger partial charge < -0.3 is 10.1 Å². The molecule has 0 spiro atoms. The molecule has 2 N–H and O–H groups in total. The van der Waals surface area contributed by atoms with Crippen LogP contribution in [0.3, 0.4) is 0 Å². The molecule has 2 aromatic carbocycles. The zero-order valence-electron chi connectivity index (χ0n) is 11.6. The van der Waals surface area contributed by atoms with Crippen molar-refractivity contribution in [3.05, 3.63) is 64.4 Å². The fourth-order valence-corrected chi connectivity index (χ4v) is 2.13. The standard InChI is InChI=1S/C16H15N3O2/c1-21-10-11-6-8-12(9-7-11)17-16-18-14-5-3-2-4-13(14)15(20)19-16/h2-9H,10H2,1H3,(H2,17,18,19,20). The van der Waals surface area contributed by atoms with E-state index in [4.69, 9.17) is 4.74 Å². The lowest BCUT2D eigenvalue weighted by Gasteiger charge is -2.07. The van der Waals surface area contributed by atoms with Gasteiger partial charge in [-0.15, -0.1) is 0 Å². The van der Waals surface area contributed by atoms with Crippen LogP contribution in [-0.4, -0.2) is 17.1 Å². The van der Waals surface area contributed by atoms with Crippen LogP contribution < -0.4 is 10.9 Å². The maximum Gasteiger partial charge on any atom is 0.260 e. The number of nitrogens with one attached hydrogen (secondary N) is 2. The van der Waals surface area contributed by atoms with Crippen molar-refractivity contribution in [3.63, 3.8) is 0 Å². The van der Waals surface area contributed by atoms with Gasteiger partial charge in [0, 0.05) is 12.8 Å². The molecule has 21 heavy (non-hydrogen) atoms. The summed E-state index contributed by atoms with van der Waals surface area (Å²) in [4.78, 5) is 19.1. The second kappa shape index (κ2) is 5.76. The van der Waals surface area contributed by atoms with Crippen molar-refractivity contribution in [3.8, 4) is 0 Å². The van der Waals surface area contributed by atoms with Crippen molar-refractivity contribution in [2.24, 2.45) is 0 Å². The van der Waals surface area contributed by atoms with Crippen LogP contribution in [0.25, 0.3) is 10.9 Å². The number of benzene rings is 2. The van der Waals surface area contributed by atoms with Crippen molar-refractivity contribution in [2.75, 3.05) is 12.4 Å². The Morgan fingerprint density at radius 3 is 2.67 bits per heavy atom. The Kier molecular flexibility index (Phi) is 3.66. The number of hydrogen-bond donors (Lipinski definition) is 2. The Morgan fingerprint density at radius 2 is 1.90 bits per heavy atom. The average molecular weight is 281 g/mol. The number of anilines is 2. The van der Waals surface area contributed by atoms with E-state index in [0.717, 1.165) is 11.3 Å². The fraction of sp³-hybridized carbons (Fsp3) is 0.125. The van der Waals surface area contributed by atoms with Gasteiger partial charge >= 0.3 is 0 Å². The topological polar surface area (TPSA) is 67.0 Å². The van der Waals surface area contributed by atoms with E-state index in [2.05, 4.69) is 15.3 Å². The molecular weight excluding hydrogens is 266 g/mol. The van der Waals surface area contributed by atoms with E-state index in [0.29, 0.717) is 23.5 Å². The highest BCUT2D eigenvalue weighted by Crippen LogP contribution is 2.15. The predicted octanol–water partition coefficient (Wildman–Crippen LogP) is 2.81. The number of rotatable bonds is 4. The summed E-state index contributed by atoms with van der Waals surface area (Å²) in [7, 11) is 1.66. The van der Waals surface area contributed by atoms with E-state index in [1.165, 1.54) is 0 Å². The van der Waals surface area contributed by atoms with Crippen LogP contribution in [0.1, 0.15) is 5.56 Å². The SMILES string of the molecule is COCc1ccc(Nc2nc3ccccc3c(=O)[nH]2)cc1. The maximum atomic E-state index is 12.0. The van der Waals surface area contributed by atoms with Crippen molar-refractivity contribution in [2.45, 2.75) is 6.61 Å². The summed E-state index contributed by atoms with van der Waals surface area (Å²) < 4.78 is 5.07. The number of ether oxygens (including phenoxy) is 1. The molecule has 0 saturated heterocycles. The van der Waals surface area contributed by atoms with E-state index in [9.17, 15) is 4.79 Å². The van der Waals surface area contributed by atoms with Gasteiger partial charge in [-0.1, -0.05) is 24.3 Å². The number of para-hydroxylation sites is 1. The van der Waals surface area contributed by atoms with Crippen molar-refractivity contribution in [1.82, 2.24) is 9.97 Å². The third-order valence-electron chi connectivity index (χ3n) is 3.14. The molecule has 5 nitrogen and oxygen atoms in total. The van der Waals surface area contributed by atoms with Crippen LogP contribution in [0.5, 0.6) is 0 Å². The molecule has 5 heteroatoms. The summed E-state index contributed by atoms with van der Waals surface area (Å²) in [5.74, 6) is 0.429. The number of hydrogen-bond acceptors (Lipinski definition) is 4. The predicted molar refractivity (Wildman–Crippen MR) is 82.8 cm³/mol. The first-order valence-corrected chi connectivity index (χ1v) is 6.60. The minimum Gasteiger partial charge on any atom is -0.380 e. The smallest absolute Gasteiger partial charge is 0.260 e. The summed E-state index contributed by atoms with van der Waals surface area (Å²) in [6.45, 7) is 0.575. The van der Waals surface area contributed by atoms with Crippen LogP contribution in [0.4, 0.5) is 11.6 Å². The van der Waals surface area contributed by atoms with Crippen LogP contribution in [0.2, 0.25) is 0 Å². The number of fused-ring (bicyclic) bond motifs is 1. The molecule has 106 valence electrons. The van der Waals surface area contributed by atoms with Gasteiger partial charge in [-0.25, -0.2) is 4.98 Å². The van der Waals surface area contributed by atoms with E-state index in [-0.39, 0.29) is 5.56 Å². The van der Waals surface area contributed by atoms with Crippen LogP contribution in [-0.2, 0) is 11.3 Å². The Hall–Kier alpha value is -2.66. The van der Waals surface area contributed by atoms with Crippen molar-refractivity contribution >= 4 is 22.5 Å². The summed E-state index contributed by atoms with van der Waals surface area (Å²) in [5, 5.41) is 3.68. The van der Waals surface area contributed by atoms with Gasteiger partial charge in [0.05, 0.1) is 17.5 Å². The van der Waals surface area contributed by atoms with Crippen molar-refractivity contribution < 1.29 is 4.74 Å². The van der Waals surface area contributed by atoms with Gasteiger partial charge in [0.1, 0.15) is 0 Å². The molecule has 1 heterocycles. The van der Waals surface area contributed by atoms with E-state index in [1.54, 1.807) is 13.2 Å². The molecule has 0 fully saturated rings. The van der Waals surface area contributed by atoms with Crippen LogP contribution in [0, 0.1) is 0 Å². The first-order valence-electron chi connectivity index (χ1n) is 6.60. The third kappa shape index (κ3) is 2.93. The lowest BCUT2D eigenvalue weighted by atomic mass is 10.2. The number of methoxy groups -OCH3 is 1. The lowest BCUT2D eigenvalue weighted by Crippen LogP contribution is -2.11. The fourth-order valence-electron chi connectivity index (χ4n) is 2.13. The van der Waals surface area contributed by atoms with E-state index in [1.807, 2.05) is 42.5 Å². The molecule has 0 amide bonds. The summed E-state index contributed by atoms with van der Waals surface area (Å²) in [5.41, 5.74) is 2.45. The molecule has 0 atom stereocenters. The Balaban J connectivity index is 1.89. The van der Waals surface area contributed by atoms with Crippen LogP contribution >= 0.6 is 0 Å². The summed E-state index contributed by atoms with van der Waals surface area (Å²) >= 11 is 0. The molecule has 0 radical (unpaired) electrons. The highest BCUT2D eigenvalue weighted by molar-refractivity contribution is 5.78. The molecule has 0 aliphatic heterocycles. The molecule has 0 aliphatic carbocycles. The largest absolute Gasteiger partial charge is 0.380 e. The second-order valence-electron chi connectivity index (χ2n) is 4.69. The molecule has 3 rings (SSSR count). The monoisotopic (exact) mass is 281 g/mol. The highest BCUT2D eigenvalue weighted by Gasteiger charge is 2.03. The molecular formula is C16H15N3O2. The lowest BCUT2D eigenvalue weighted by molar-refractivity contribution is 0.185. The quantitative estimate of drug-likeness (QED) is 0.771. The molecule has 1 aromatic heterocycles. The Bertz CT molecular complexity index is 810. The summed E-state index contributed by atoms with van der Waals surface area (Å²) in [6.07, 6.45) is 0. The van der Waals surface area contributed by atoms with E-state index < -0.39 is 0 Å². The van der Waals surface area contributed by atoms with Gasteiger partial charge in [-0.2, -0.15) is 0 Å². The average Bonchev–Trinajstić information content (AvgIpc) is 2.50. The zero-order valence-corrected chi connectivity index (χ0v) is 11.6. The van der Waals surface area contributed by atoms with E-state index >= 15 is 0 Å². The number of aromatic nitrogens is 2. The third-order valence-corrected chi connectivity index (χ3v) is 3.14. The molecule has 0 unspecified atom stereocenters. The minimum atomic E-state index is -0.154. The highest BCUT2D eigenvalue weighted by atomic mass is 16.5. The van der Waals surface area contributed by atoms with Gasteiger partial charge in [0.15, 0.2) is 0 Å². The van der Waals surface area contributed by atoms with Gasteiger partial charge in [0.2, 0.25) is 5.95 Å². The van der Waals surface area contributed by atoms with Gasteiger partial charge in [-0.3, -0.25) is 9.78 Å². The number of H-pyrrole nitrogens is 1. The van der Waals surface area contributed by atoms with Gasteiger partial charge in [-0.05, 0) is 29.8 Å². The summed E-state index contributed by atoms with van der Waals surface area (Å²) in [6, 6.07) is 15.0. The van der Waals surface area contributed by atoms with Crippen LogP contribution in [0.15, 0.2) is 53.3 Å². The minimum absolute atomic E-state index is 0.154. The zero-order chi connectivity index (χ0) is 14.7. The van der Waals surface area contributed by atoms with Gasteiger partial charge in [0.25, 0.3) is 5.56 Å². The normalized spacial score (nSPS) is 10.7. The first kappa shape index (κ1) is 13.3. The Morgan fingerprint density at radius 1 is 1.14 bits per heavy atom. The molecule has 0 saturated carbocycles. The molecule has 0 aliphatic rings. The number of nitrogens with zero attached hydrogens (tertiary/aromatic N) is 1. The molecule has 3 aromatic rings. The van der Waals surface area contributed by atoms with Crippen molar-refractivity contribution in [1.29, 1.82) is 0 Å². The first-order chi connectivity index (χ1) is 10.3.